The first-order chi connectivity index (χ1) is 15.5. The molecule has 2 aromatic rings. The van der Waals surface area contributed by atoms with Crippen molar-refractivity contribution in [1.82, 2.24) is 5.32 Å². The summed E-state index contributed by atoms with van der Waals surface area (Å²) >= 11 is 1.02. The fourth-order valence-electron chi connectivity index (χ4n) is 3.29. The lowest BCUT2D eigenvalue weighted by molar-refractivity contribution is -0.117. The number of thiophene rings is 1. The van der Waals surface area contributed by atoms with E-state index in [4.69, 9.17) is 9.47 Å². The summed E-state index contributed by atoms with van der Waals surface area (Å²) in [4.78, 5) is 38.0. The average molecular weight is 481 g/mol. The number of ketones is 1. The highest BCUT2D eigenvalue weighted by molar-refractivity contribution is 7.18. The third kappa shape index (κ3) is 5.87. The third-order valence-electron chi connectivity index (χ3n) is 4.80. The van der Waals surface area contributed by atoms with E-state index in [-0.39, 0.29) is 10.6 Å². The molecule has 2 amide bonds. The van der Waals surface area contributed by atoms with Gasteiger partial charge < -0.3 is 20.1 Å². The van der Waals surface area contributed by atoms with E-state index in [2.05, 4.69) is 10.6 Å². The lowest BCUT2D eigenvalue weighted by Crippen LogP contribution is -2.44. The van der Waals surface area contributed by atoms with Crippen LogP contribution >= 0.6 is 11.3 Å². The summed E-state index contributed by atoms with van der Waals surface area (Å²) in [5.74, 6) is -3.49. The zero-order chi connectivity index (χ0) is 24.3. The third-order valence-corrected chi connectivity index (χ3v) is 5.86. The second-order valence-electron chi connectivity index (χ2n) is 8.66. The van der Waals surface area contributed by atoms with Crippen molar-refractivity contribution in [2.24, 2.45) is 0 Å². The number of carbonyl (C=O) groups excluding carboxylic acids is 3. The molecule has 1 aliphatic rings. The van der Waals surface area contributed by atoms with Crippen molar-refractivity contribution in [3.8, 4) is 5.06 Å². The summed E-state index contributed by atoms with van der Waals surface area (Å²) in [7, 11) is 0. The molecule has 0 fully saturated rings. The summed E-state index contributed by atoms with van der Waals surface area (Å²) in [6.07, 6.45) is 1.17. The lowest BCUT2D eigenvalue weighted by Gasteiger charge is -2.21. The molecule has 0 spiro atoms. The van der Waals surface area contributed by atoms with Crippen molar-refractivity contribution >= 4 is 34.1 Å². The van der Waals surface area contributed by atoms with Crippen LogP contribution in [0.5, 0.6) is 5.06 Å². The van der Waals surface area contributed by atoms with Gasteiger partial charge >= 0.3 is 6.09 Å². The van der Waals surface area contributed by atoms with Gasteiger partial charge in [-0.2, -0.15) is 0 Å². The lowest BCUT2D eigenvalue weighted by atomic mass is 9.97. The van der Waals surface area contributed by atoms with Gasteiger partial charge in [0.2, 0.25) is 11.7 Å². The molecule has 2 N–H and O–H groups in total. The molecule has 0 unspecified atom stereocenters. The van der Waals surface area contributed by atoms with Crippen LogP contribution in [0.4, 0.5) is 18.6 Å². The monoisotopic (exact) mass is 480 g/mol. The van der Waals surface area contributed by atoms with Crippen LogP contribution in [-0.2, 0) is 16.0 Å². The summed E-state index contributed by atoms with van der Waals surface area (Å²) in [5, 5.41) is 5.57. The van der Waals surface area contributed by atoms with Crippen molar-refractivity contribution in [3.63, 3.8) is 0 Å². The van der Waals surface area contributed by atoms with Gasteiger partial charge in [-0.15, -0.1) is 0 Å². The van der Waals surface area contributed by atoms with Gasteiger partial charge in [0, 0.05) is 5.56 Å². The fraction of sp³-hybridized carbons (Fsp3) is 0.435. The van der Waals surface area contributed by atoms with Crippen LogP contribution in [0.3, 0.4) is 0 Å². The van der Waals surface area contributed by atoms with Crippen LogP contribution in [0.2, 0.25) is 0 Å². The standard InChI is InChI=1S/C23H26F2N2O5S/c1-12(26-22(30)32-23(2,3)4)19(29)27-20-16(13-8-5-6-11-31-21(13)33-20)18(28)17-14(24)9-7-10-15(17)25/h7,9-10,12H,5-6,8,11H2,1-4H3,(H,26,30)(H,27,29)/t12-/m0/s1. The van der Waals surface area contributed by atoms with Crippen molar-refractivity contribution in [2.75, 3.05) is 11.9 Å². The van der Waals surface area contributed by atoms with Gasteiger partial charge in [0.05, 0.1) is 17.7 Å². The van der Waals surface area contributed by atoms with Gasteiger partial charge in [-0.3, -0.25) is 9.59 Å². The molecule has 0 saturated carbocycles. The van der Waals surface area contributed by atoms with Crippen molar-refractivity contribution < 1.29 is 32.6 Å². The number of hydrogen-bond acceptors (Lipinski definition) is 6. The van der Waals surface area contributed by atoms with Gasteiger partial charge in [0.15, 0.2) is 5.06 Å². The maximum Gasteiger partial charge on any atom is 0.408 e. The van der Waals surface area contributed by atoms with Crippen molar-refractivity contribution in [1.29, 1.82) is 0 Å². The molecule has 1 aromatic carbocycles. The maximum atomic E-state index is 14.4. The molecule has 0 saturated heterocycles. The first kappa shape index (κ1) is 24.6. The van der Waals surface area contributed by atoms with Crippen LogP contribution in [0.15, 0.2) is 18.2 Å². The highest BCUT2D eigenvalue weighted by atomic mass is 32.1. The number of nitrogens with one attached hydrogen (secondary N) is 2. The summed E-state index contributed by atoms with van der Waals surface area (Å²) in [6, 6.07) is 2.17. The fourth-order valence-corrected chi connectivity index (χ4v) is 4.42. The Bertz CT molecular complexity index is 1060. The minimum absolute atomic E-state index is 0.00119. The highest BCUT2D eigenvalue weighted by Gasteiger charge is 2.31. The first-order valence-electron chi connectivity index (χ1n) is 10.6. The molecule has 178 valence electrons. The molecule has 2 heterocycles. The van der Waals surface area contributed by atoms with Crippen LogP contribution in [0, 0.1) is 11.6 Å². The molecular weight excluding hydrogens is 454 g/mol. The second kappa shape index (κ2) is 9.86. The molecule has 7 nitrogen and oxygen atoms in total. The Morgan fingerprint density at radius 3 is 2.42 bits per heavy atom. The highest BCUT2D eigenvalue weighted by Crippen LogP contribution is 2.43. The summed E-state index contributed by atoms with van der Waals surface area (Å²) in [6.45, 7) is 6.95. The van der Waals surface area contributed by atoms with Gasteiger partial charge in [0.25, 0.3) is 0 Å². The summed E-state index contributed by atoms with van der Waals surface area (Å²) in [5.41, 5.74) is -0.934. The van der Waals surface area contributed by atoms with Gasteiger partial charge in [0.1, 0.15) is 28.3 Å². The summed E-state index contributed by atoms with van der Waals surface area (Å²) < 4.78 is 39.6. The Morgan fingerprint density at radius 1 is 1.12 bits per heavy atom. The Morgan fingerprint density at radius 2 is 1.79 bits per heavy atom. The molecule has 1 atom stereocenters. The van der Waals surface area contributed by atoms with Crippen molar-refractivity contribution in [2.45, 2.75) is 58.6 Å². The normalized spacial score (nSPS) is 14.4. The van der Waals surface area contributed by atoms with E-state index in [1.165, 1.54) is 13.0 Å². The molecular formula is C23H26F2N2O5S. The quantitative estimate of drug-likeness (QED) is 0.599. The van der Waals surface area contributed by atoms with Crippen LogP contribution in [0.1, 0.15) is 62.0 Å². The van der Waals surface area contributed by atoms with E-state index in [0.29, 0.717) is 30.1 Å². The Balaban J connectivity index is 1.92. The van der Waals surface area contributed by atoms with Gasteiger partial charge in [-0.1, -0.05) is 17.4 Å². The number of ether oxygens (including phenoxy) is 2. The Labute approximate surface area is 194 Å². The molecule has 10 heteroatoms. The van der Waals surface area contributed by atoms with Gasteiger partial charge in [-0.05, 0) is 59.1 Å². The van der Waals surface area contributed by atoms with E-state index in [9.17, 15) is 23.2 Å². The number of fused-ring (bicyclic) bond motifs is 1. The maximum absolute atomic E-state index is 14.4. The SMILES string of the molecule is C[C@H](NC(=O)OC(C)(C)C)C(=O)Nc1sc2c(c1C(=O)c1c(F)cccc1F)CCCCO2. The Kier molecular flexibility index (Phi) is 7.36. The van der Waals surface area contributed by atoms with E-state index in [1.807, 2.05) is 0 Å². The van der Waals surface area contributed by atoms with Crippen LogP contribution < -0.4 is 15.4 Å². The number of hydrogen-bond donors (Lipinski definition) is 2. The minimum atomic E-state index is -1.00. The van der Waals surface area contributed by atoms with E-state index in [1.54, 1.807) is 20.8 Å². The van der Waals surface area contributed by atoms with E-state index in [0.717, 1.165) is 29.9 Å². The zero-order valence-electron chi connectivity index (χ0n) is 18.8. The van der Waals surface area contributed by atoms with Crippen molar-refractivity contribution in [3.05, 3.63) is 46.5 Å². The number of amides is 2. The number of rotatable bonds is 5. The molecule has 0 aliphatic carbocycles. The molecule has 1 aromatic heterocycles. The first-order valence-corrected chi connectivity index (χ1v) is 11.4. The molecule has 0 bridgehead atoms. The van der Waals surface area contributed by atoms with Gasteiger partial charge in [-0.25, -0.2) is 13.6 Å². The predicted octanol–water partition coefficient (Wildman–Crippen LogP) is 4.82. The molecule has 1 aliphatic heterocycles. The Hall–Kier alpha value is -3.01. The average Bonchev–Trinajstić information content (AvgIpc) is 2.86. The number of carbonyl (C=O) groups is 3. The topological polar surface area (TPSA) is 93.7 Å². The number of anilines is 1. The van der Waals surface area contributed by atoms with E-state index >= 15 is 0 Å². The molecule has 0 radical (unpaired) electrons. The zero-order valence-corrected chi connectivity index (χ0v) is 19.7. The van der Waals surface area contributed by atoms with E-state index < -0.39 is 46.6 Å². The number of halogens is 2. The van der Waals surface area contributed by atoms with Crippen LogP contribution in [-0.4, -0.2) is 36.0 Å². The smallest absolute Gasteiger partial charge is 0.408 e. The minimum Gasteiger partial charge on any atom is -0.484 e. The molecule has 33 heavy (non-hydrogen) atoms. The predicted molar refractivity (Wildman–Crippen MR) is 120 cm³/mol. The second-order valence-corrected chi connectivity index (χ2v) is 9.64. The number of benzene rings is 1. The van der Waals surface area contributed by atoms with Crippen LogP contribution in [0.25, 0.3) is 0 Å². The largest absolute Gasteiger partial charge is 0.484 e. The number of alkyl carbamates (subject to hydrolysis) is 1. The molecule has 3 rings (SSSR count).